The zero-order valence-electron chi connectivity index (χ0n) is 14.9. The van der Waals surface area contributed by atoms with E-state index in [9.17, 15) is 4.79 Å². The third-order valence-electron chi connectivity index (χ3n) is 3.38. The Morgan fingerprint density at radius 3 is 2.57 bits per heavy atom. The fourth-order valence-corrected chi connectivity index (χ4v) is 3.52. The first-order chi connectivity index (χ1) is 14.4. The van der Waals surface area contributed by atoms with Crippen LogP contribution in [0.15, 0.2) is 51.1 Å². The molecule has 1 aromatic heterocycles. The number of nitrogens with one attached hydrogen (secondary N) is 1. The standard InChI is InChI=1S/C18H12Cl4N4O3S/c19-11-2-1-10(13(21)5-11)7-23-24-16(27)9-30-18-26-25-17(29-18)8-28-15-4-3-12(20)6-14(15)22/h1-7H,8-9H2,(H,24,27)/b23-7-. The van der Waals surface area contributed by atoms with Crippen molar-refractivity contribution in [1.82, 2.24) is 15.6 Å². The Morgan fingerprint density at radius 1 is 1.10 bits per heavy atom. The van der Waals surface area contributed by atoms with Gasteiger partial charge in [0.2, 0.25) is 0 Å². The van der Waals surface area contributed by atoms with Crippen LogP contribution in [-0.4, -0.2) is 28.1 Å². The second-order valence-electron chi connectivity index (χ2n) is 5.57. The van der Waals surface area contributed by atoms with E-state index in [1.54, 1.807) is 36.4 Å². The molecular weight excluding hydrogens is 494 g/mol. The van der Waals surface area contributed by atoms with Crippen molar-refractivity contribution in [2.75, 3.05) is 5.75 Å². The maximum absolute atomic E-state index is 11.9. The largest absolute Gasteiger partial charge is 0.482 e. The number of hydrazone groups is 1. The van der Waals surface area contributed by atoms with E-state index in [0.29, 0.717) is 31.4 Å². The van der Waals surface area contributed by atoms with Gasteiger partial charge in [0, 0.05) is 15.6 Å². The molecule has 0 aliphatic rings. The Balaban J connectivity index is 1.44. The average molecular weight is 506 g/mol. The Kier molecular flexibility index (Phi) is 8.24. The number of ether oxygens (including phenoxy) is 1. The van der Waals surface area contributed by atoms with Gasteiger partial charge in [-0.2, -0.15) is 5.10 Å². The molecule has 7 nitrogen and oxygen atoms in total. The van der Waals surface area contributed by atoms with E-state index < -0.39 is 0 Å². The van der Waals surface area contributed by atoms with E-state index in [1.807, 2.05) is 0 Å². The Labute approximate surface area is 195 Å². The third kappa shape index (κ3) is 6.78. The van der Waals surface area contributed by atoms with Crippen molar-refractivity contribution in [3.8, 4) is 5.75 Å². The molecule has 1 N–H and O–H groups in total. The number of rotatable bonds is 8. The van der Waals surface area contributed by atoms with Gasteiger partial charge in [0.1, 0.15) is 5.75 Å². The summed E-state index contributed by atoms with van der Waals surface area (Å²) < 4.78 is 10.9. The fraction of sp³-hybridized carbons (Fsp3) is 0.111. The van der Waals surface area contributed by atoms with Gasteiger partial charge >= 0.3 is 0 Å². The van der Waals surface area contributed by atoms with Gasteiger partial charge < -0.3 is 9.15 Å². The van der Waals surface area contributed by atoms with Crippen molar-refractivity contribution >= 4 is 70.3 Å². The number of carbonyl (C=O) groups excluding carboxylic acids is 1. The number of amides is 1. The SMILES string of the molecule is O=C(CSc1nnc(COc2ccc(Cl)cc2Cl)o1)N/N=C\c1ccc(Cl)cc1Cl. The van der Waals surface area contributed by atoms with E-state index in [2.05, 4.69) is 20.7 Å². The van der Waals surface area contributed by atoms with E-state index in [1.165, 1.54) is 6.21 Å². The number of halogens is 4. The zero-order valence-corrected chi connectivity index (χ0v) is 18.8. The van der Waals surface area contributed by atoms with Crippen molar-refractivity contribution in [3.05, 3.63) is 67.9 Å². The molecule has 0 bridgehead atoms. The number of carbonyl (C=O) groups is 1. The molecule has 0 atom stereocenters. The summed E-state index contributed by atoms with van der Waals surface area (Å²) in [4.78, 5) is 11.9. The molecular formula is C18H12Cl4N4O3S. The smallest absolute Gasteiger partial charge is 0.277 e. The lowest BCUT2D eigenvalue weighted by Gasteiger charge is -2.05. The van der Waals surface area contributed by atoms with Crippen LogP contribution >= 0.6 is 58.2 Å². The first-order valence-corrected chi connectivity index (χ1v) is 10.7. The Morgan fingerprint density at radius 2 is 1.83 bits per heavy atom. The molecule has 3 rings (SSSR count). The maximum atomic E-state index is 11.9. The number of hydrogen-bond donors (Lipinski definition) is 1. The van der Waals surface area contributed by atoms with Crippen LogP contribution in [0.4, 0.5) is 0 Å². The summed E-state index contributed by atoms with van der Waals surface area (Å²) in [5.74, 6) is 0.341. The highest BCUT2D eigenvalue weighted by Gasteiger charge is 2.11. The molecule has 0 radical (unpaired) electrons. The lowest BCUT2D eigenvalue weighted by Crippen LogP contribution is -2.19. The highest BCUT2D eigenvalue weighted by Crippen LogP contribution is 2.28. The minimum atomic E-state index is -0.356. The quantitative estimate of drug-likeness (QED) is 0.247. The van der Waals surface area contributed by atoms with Gasteiger partial charge in [-0.25, -0.2) is 5.43 Å². The topological polar surface area (TPSA) is 89.6 Å². The van der Waals surface area contributed by atoms with Crippen LogP contribution < -0.4 is 10.2 Å². The molecule has 0 fully saturated rings. The average Bonchev–Trinajstić information content (AvgIpc) is 3.15. The van der Waals surface area contributed by atoms with Gasteiger partial charge in [0.05, 0.1) is 22.0 Å². The summed E-state index contributed by atoms with van der Waals surface area (Å²) >= 11 is 24.8. The van der Waals surface area contributed by atoms with E-state index in [4.69, 9.17) is 55.6 Å². The lowest BCUT2D eigenvalue weighted by molar-refractivity contribution is -0.118. The van der Waals surface area contributed by atoms with E-state index in [-0.39, 0.29) is 29.4 Å². The highest BCUT2D eigenvalue weighted by molar-refractivity contribution is 7.99. The van der Waals surface area contributed by atoms with Gasteiger partial charge in [0.25, 0.3) is 17.0 Å². The predicted octanol–water partition coefficient (Wildman–Crippen LogP) is 5.50. The van der Waals surface area contributed by atoms with Crippen molar-refractivity contribution < 1.29 is 13.9 Å². The Bertz CT molecular complexity index is 1080. The van der Waals surface area contributed by atoms with E-state index in [0.717, 1.165) is 11.8 Å². The highest BCUT2D eigenvalue weighted by atomic mass is 35.5. The van der Waals surface area contributed by atoms with Gasteiger partial charge in [-0.1, -0.05) is 64.2 Å². The molecule has 1 heterocycles. The Hall–Kier alpha value is -1.97. The van der Waals surface area contributed by atoms with Gasteiger partial charge in [-0.05, 0) is 30.3 Å². The molecule has 12 heteroatoms. The molecule has 0 saturated carbocycles. The molecule has 0 aliphatic heterocycles. The summed E-state index contributed by atoms with van der Waals surface area (Å²) in [6.07, 6.45) is 1.42. The second-order valence-corrected chi connectivity index (χ2v) is 8.19. The lowest BCUT2D eigenvalue weighted by atomic mass is 10.2. The number of thioether (sulfide) groups is 1. The molecule has 0 aliphatic carbocycles. The maximum Gasteiger partial charge on any atom is 0.277 e. The van der Waals surface area contributed by atoms with Crippen LogP contribution in [0.5, 0.6) is 5.75 Å². The summed E-state index contributed by atoms with van der Waals surface area (Å²) in [6.45, 7) is 0.0211. The summed E-state index contributed by atoms with van der Waals surface area (Å²) in [5, 5.41) is 13.6. The molecule has 0 saturated heterocycles. The third-order valence-corrected chi connectivity index (χ3v) is 5.29. The molecule has 3 aromatic rings. The number of benzene rings is 2. The molecule has 0 spiro atoms. The van der Waals surface area contributed by atoms with Crippen LogP contribution in [0.1, 0.15) is 11.5 Å². The fourth-order valence-electron chi connectivity index (χ4n) is 2.03. The minimum absolute atomic E-state index is 0.0211. The summed E-state index contributed by atoms with van der Waals surface area (Å²) in [7, 11) is 0. The first kappa shape index (κ1) is 22.7. The van der Waals surface area contributed by atoms with Crippen LogP contribution in [0, 0.1) is 0 Å². The minimum Gasteiger partial charge on any atom is -0.482 e. The van der Waals surface area contributed by atoms with Crippen molar-refractivity contribution in [1.29, 1.82) is 0 Å². The molecule has 0 unspecified atom stereocenters. The van der Waals surface area contributed by atoms with Crippen LogP contribution in [0.3, 0.4) is 0 Å². The summed E-state index contributed by atoms with van der Waals surface area (Å²) in [6, 6.07) is 9.80. The van der Waals surface area contributed by atoms with E-state index >= 15 is 0 Å². The van der Waals surface area contributed by atoms with Crippen LogP contribution in [0.2, 0.25) is 20.1 Å². The molecule has 30 heavy (non-hydrogen) atoms. The second kappa shape index (κ2) is 10.9. The molecule has 1 amide bonds. The van der Waals surface area contributed by atoms with Crippen LogP contribution in [-0.2, 0) is 11.4 Å². The summed E-state index contributed by atoms with van der Waals surface area (Å²) in [5.41, 5.74) is 3.01. The number of aromatic nitrogens is 2. The number of hydrogen-bond acceptors (Lipinski definition) is 7. The van der Waals surface area contributed by atoms with Crippen molar-refractivity contribution in [2.45, 2.75) is 11.8 Å². The van der Waals surface area contributed by atoms with Crippen molar-refractivity contribution in [2.24, 2.45) is 5.10 Å². The monoisotopic (exact) mass is 504 g/mol. The van der Waals surface area contributed by atoms with Crippen LogP contribution in [0.25, 0.3) is 0 Å². The van der Waals surface area contributed by atoms with Gasteiger partial charge in [-0.15, -0.1) is 10.2 Å². The first-order valence-electron chi connectivity index (χ1n) is 8.20. The molecule has 156 valence electrons. The van der Waals surface area contributed by atoms with Gasteiger partial charge in [-0.3, -0.25) is 4.79 Å². The molecule has 2 aromatic carbocycles. The van der Waals surface area contributed by atoms with Gasteiger partial charge in [0.15, 0.2) is 6.61 Å². The van der Waals surface area contributed by atoms with Crippen molar-refractivity contribution in [3.63, 3.8) is 0 Å². The zero-order chi connectivity index (χ0) is 21.5. The number of nitrogens with zero attached hydrogens (tertiary/aromatic N) is 3. The normalized spacial score (nSPS) is 11.1. The predicted molar refractivity (Wildman–Crippen MR) is 118 cm³/mol.